The van der Waals surface area contributed by atoms with Crippen LogP contribution in [0.5, 0.6) is 0 Å². The Kier molecular flexibility index (Phi) is 3.34. The maximum atomic E-state index is 12.0. The zero-order valence-electron chi connectivity index (χ0n) is 9.57. The zero-order valence-corrected chi connectivity index (χ0v) is 11.3. The van der Waals surface area contributed by atoms with Crippen LogP contribution in [-0.2, 0) is 6.54 Å². The number of carbonyl (C=O) groups excluding carboxylic acids is 1. The minimum atomic E-state index is -0.470. The van der Waals surface area contributed by atoms with Crippen LogP contribution < -0.4 is 4.90 Å². The van der Waals surface area contributed by atoms with E-state index in [9.17, 15) is 14.9 Å². The van der Waals surface area contributed by atoms with E-state index < -0.39 is 4.92 Å². The molecule has 1 aromatic heterocycles. The number of nitrogens with one attached hydrogen (secondary N) is 1. The molecular formula is C11H9BrN4O3. The van der Waals surface area contributed by atoms with Crippen LogP contribution in [0.3, 0.4) is 0 Å². The minimum absolute atomic E-state index is 0. The number of benzene rings is 1. The van der Waals surface area contributed by atoms with E-state index in [1.807, 2.05) is 0 Å². The Bertz CT molecular complexity index is 638. The summed E-state index contributed by atoms with van der Waals surface area (Å²) >= 11 is 0. The first kappa shape index (κ1) is 13.2. The molecule has 0 spiro atoms. The molecule has 98 valence electrons. The van der Waals surface area contributed by atoms with Crippen molar-refractivity contribution in [2.24, 2.45) is 0 Å². The van der Waals surface area contributed by atoms with E-state index in [0.29, 0.717) is 17.9 Å². The van der Waals surface area contributed by atoms with Crippen LogP contribution in [0.25, 0.3) is 0 Å². The van der Waals surface area contributed by atoms with Crippen molar-refractivity contribution in [1.82, 2.24) is 10.2 Å². The van der Waals surface area contributed by atoms with Crippen molar-refractivity contribution in [3.8, 4) is 0 Å². The number of halogens is 1. The highest BCUT2D eigenvalue weighted by Gasteiger charge is 2.30. The van der Waals surface area contributed by atoms with Crippen molar-refractivity contribution in [3.63, 3.8) is 0 Å². The van der Waals surface area contributed by atoms with Gasteiger partial charge in [0.25, 0.3) is 11.6 Å². The second-order valence-corrected chi connectivity index (χ2v) is 3.94. The number of hydrogen-bond donors (Lipinski definition) is 1. The van der Waals surface area contributed by atoms with Crippen LogP contribution in [0.15, 0.2) is 30.5 Å². The zero-order chi connectivity index (χ0) is 12.7. The number of non-ortho nitro benzene ring substituents is 1. The lowest BCUT2D eigenvalue weighted by atomic mass is 10.2. The topological polar surface area (TPSA) is 92.1 Å². The Labute approximate surface area is 118 Å². The van der Waals surface area contributed by atoms with Crippen molar-refractivity contribution >= 4 is 34.3 Å². The Balaban J connectivity index is 0.00000133. The number of aromatic nitrogens is 2. The summed E-state index contributed by atoms with van der Waals surface area (Å²) in [6.45, 7) is 0.433. The van der Waals surface area contributed by atoms with Crippen LogP contribution in [0.1, 0.15) is 16.1 Å². The molecule has 0 aliphatic carbocycles. The highest BCUT2D eigenvalue weighted by Crippen LogP contribution is 2.27. The third-order valence-electron chi connectivity index (χ3n) is 2.88. The molecule has 0 saturated carbocycles. The van der Waals surface area contributed by atoms with Gasteiger partial charge in [-0.25, -0.2) is 0 Å². The second-order valence-electron chi connectivity index (χ2n) is 3.94. The van der Waals surface area contributed by atoms with E-state index in [1.54, 1.807) is 23.2 Å². The molecule has 1 aliphatic rings. The average molecular weight is 325 g/mol. The van der Waals surface area contributed by atoms with Gasteiger partial charge in [0.2, 0.25) is 0 Å². The number of hydrogen-bond acceptors (Lipinski definition) is 4. The summed E-state index contributed by atoms with van der Waals surface area (Å²) in [5, 5.41) is 17.0. The number of H-pyrrole nitrogens is 1. The smallest absolute Gasteiger partial charge is 0.276 e. The van der Waals surface area contributed by atoms with Crippen LogP contribution in [0.2, 0.25) is 0 Å². The second kappa shape index (κ2) is 4.81. The van der Waals surface area contributed by atoms with Gasteiger partial charge < -0.3 is 4.90 Å². The van der Waals surface area contributed by atoms with Gasteiger partial charge in [0.1, 0.15) is 5.69 Å². The number of amides is 1. The van der Waals surface area contributed by atoms with Crippen LogP contribution in [0, 0.1) is 10.1 Å². The largest absolute Gasteiger partial charge is 0.302 e. The van der Waals surface area contributed by atoms with Gasteiger partial charge in [-0.05, 0) is 12.1 Å². The summed E-state index contributed by atoms with van der Waals surface area (Å²) < 4.78 is 0. The van der Waals surface area contributed by atoms with E-state index in [2.05, 4.69) is 10.2 Å². The summed E-state index contributed by atoms with van der Waals surface area (Å²) in [7, 11) is 0. The molecule has 0 bridgehead atoms. The Morgan fingerprint density at radius 2 is 2.00 bits per heavy atom. The predicted molar refractivity (Wildman–Crippen MR) is 72.5 cm³/mol. The number of anilines is 1. The summed E-state index contributed by atoms with van der Waals surface area (Å²) in [6.07, 6.45) is 1.61. The molecule has 2 heterocycles. The van der Waals surface area contributed by atoms with Gasteiger partial charge >= 0.3 is 0 Å². The van der Waals surface area contributed by atoms with Gasteiger partial charge in [-0.2, -0.15) is 5.10 Å². The summed E-state index contributed by atoms with van der Waals surface area (Å²) in [6, 6.07) is 5.89. The number of nitro benzene ring substituents is 1. The molecule has 0 fully saturated rings. The fraction of sp³-hybridized carbons (Fsp3) is 0.0909. The summed E-state index contributed by atoms with van der Waals surface area (Å²) in [5.41, 5.74) is 1.95. The number of nitro groups is 1. The van der Waals surface area contributed by atoms with Crippen LogP contribution in [-0.4, -0.2) is 21.0 Å². The number of nitrogens with zero attached hydrogens (tertiary/aromatic N) is 3. The lowest BCUT2D eigenvalue weighted by Gasteiger charge is -2.15. The standard InChI is InChI=1S/C11H8N4O3.BrH/c16-11-10-7(5-12-13-10)6-14(11)8-1-3-9(4-2-8)15(17)18;/h1-5H,6H2,(H,12,13);1H. The Morgan fingerprint density at radius 1 is 1.32 bits per heavy atom. The molecule has 19 heavy (non-hydrogen) atoms. The van der Waals surface area contributed by atoms with Gasteiger partial charge in [0.05, 0.1) is 17.7 Å². The number of rotatable bonds is 2. The summed E-state index contributed by atoms with van der Waals surface area (Å²) in [4.78, 5) is 23.6. The van der Waals surface area contributed by atoms with Crippen molar-refractivity contribution in [2.75, 3.05) is 4.90 Å². The molecule has 0 radical (unpaired) electrons. The maximum absolute atomic E-state index is 12.0. The minimum Gasteiger partial charge on any atom is -0.302 e. The van der Waals surface area contributed by atoms with Gasteiger partial charge in [-0.3, -0.25) is 20.0 Å². The van der Waals surface area contributed by atoms with Crippen molar-refractivity contribution < 1.29 is 9.72 Å². The molecule has 2 aromatic rings. The number of carbonyl (C=O) groups is 1. The van der Waals surface area contributed by atoms with Crippen molar-refractivity contribution in [3.05, 3.63) is 51.8 Å². The lowest BCUT2D eigenvalue weighted by Crippen LogP contribution is -2.23. The lowest BCUT2D eigenvalue weighted by molar-refractivity contribution is -0.384. The number of aromatic amines is 1. The third kappa shape index (κ3) is 2.10. The third-order valence-corrected chi connectivity index (χ3v) is 2.88. The van der Waals surface area contributed by atoms with Crippen LogP contribution in [0.4, 0.5) is 11.4 Å². The van der Waals surface area contributed by atoms with E-state index in [-0.39, 0.29) is 28.6 Å². The molecule has 1 amide bonds. The van der Waals surface area contributed by atoms with E-state index >= 15 is 0 Å². The van der Waals surface area contributed by atoms with Gasteiger partial charge in [-0.1, -0.05) is 0 Å². The first-order chi connectivity index (χ1) is 8.66. The quantitative estimate of drug-likeness (QED) is 0.676. The molecule has 1 aliphatic heterocycles. The van der Waals surface area contributed by atoms with Gasteiger partial charge in [0, 0.05) is 23.4 Å². The first-order valence-corrected chi connectivity index (χ1v) is 5.25. The van der Waals surface area contributed by atoms with Crippen molar-refractivity contribution in [2.45, 2.75) is 6.54 Å². The molecule has 8 heteroatoms. The first-order valence-electron chi connectivity index (χ1n) is 5.25. The normalized spacial score (nSPS) is 13.1. The molecule has 1 N–H and O–H groups in total. The molecule has 1 aromatic carbocycles. The van der Waals surface area contributed by atoms with Gasteiger partial charge in [-0.15, -0.1) is 17.0 Å². The molecule has 0 atom stereocenters. The van der Waals surface area contributed by atoms with Crippen LogP contribution >= 0.6 is 17.0 Å². The number of fused-ring (bicyclic) bond motifs is 1. The SMILES string of the molecule is Br.O=C1c2[nH]ncc2CN1c1ccc([N+](=O)[O-])cc1. The van der Waals surface area contributed by atoms with Gasteiger partial charge in [0.15, 0.2) is 0 Å². The molecule has 3 rings (SSSR count). The highest BCUT2D eigenvalue weighted by atomic mass is 79.9. The monoisotopic (exact) mass is 324 g/mol. The fourth-order valence-electron chi connectivity index (χ4n) is 1.96. The molecule has 0 unspecified atom stereocenters. The summed E-state index contributed by atoms with van der Waals surface area (Å²) in [5.74, 6) is -0.170. The fourth-order valence-corrected chi connectivity index (χ4v) is 1.96. The average Bonchev–Trinajstić information content (AvgIpc) is 2.93. The van der Waals surface area contributed by atoms with E-state index in [0.717, 1.165) is 5.56 Å². The van der Waals surface area contributed by atoms with E-state index in [4.69, 9.17) is 0 Å². The molecule has 0 saturated heterocycles. The Hall–Kier alpha value is -2.22. The van der Waals surface area contributed by atoms with Crippen molar-refractivity contribution in [1.29, 1.82) is 0 Å². The predicted octanol–water partition coefficient (Wildman–Crippen LogP) is 2.06. The molecular weight excluding hydrogens is 316 g/mol. The van der Waals surface area contributed by atoms with E-state index in [1.165, 1.54) is 12.1 Å². The Morgan fingerprint density at radius 3 is 2.58 bits per heavy atom. The molecule has 7 nitrogen and oxygen atoms in total. The highest BCUT2D eigenvalue weighted by molar-refractivity contribution is 8.93. The maximum Gasteiger partial charge on any atom is 0.276 e.